The van der Waals surface area contributed by atoms with Gasteiger partial charge in [0, 0.05) is 29.0 Å². The fraction of sp³-hybridized carbons (Fsp3) is 0.261. The number of likely N-dealkylation sites (tertiary alicyclic amines) is 1. The van der Waals surface area contributed by atoms with Gasteiger partial charge in [-0.2, -0.15) is 0 Å². The highest BCUT2D eigenvalue weighted by Crippen LogP contribution is 2.26. The van der Waals surface area contributed by atoms with E-state index in [0.717, 1.165) is 22.9 Å². The van der Waals surface area contributed by atoms with Gasteiger partial charge >= 0.3 is 0 Å². The standard InChI is InChI=1S/C23H21BrN6O2/c24-18-10-8-16(9-11-18)23(32)29-12-4-7-17(14-29)20-25-21-19(22(31)26-20)27-28-30(21)13-15-5-2-1-3-6-15/h1-3,5-6,8-11,17H,4,7,12-14H2,(H,25,26,31)/t17-/m1/s1. The summed E-state index contributed by atoms with van der Waals surface area (Å²) in [5.74, 6) is 0.508. The van der Waals surface area contributed by atoms with Gasteiger partial charge in [0.15, 0.2) is 11.2 Å². The third-order valence-corrected chi connectivity index (χ3v) is 6.28. The largest absolute Gasteiger partial charge is 0.338 e. The molecule has 1 fully saturated rings. The molecule has 0 spiro atoms. The summed E-state index contributed by atoms with van der Waals surface area (Å²) in [5.41, 5.74) is 2.08. The zero-order valence-corrected chi connectivity index (χ0v) is 18.8. The zero-order valence-electron chi connectivity index (χ0n) is 17.2. The van der Waals surface area contributed by atoms with Gasteiger partial charge in [-0.05, 0) is 42.7 Å². The first-order valence-corrected chi connectivity index (χ1v) is 11.3. The summed E-state index contributed by atoms with van der Waals surface area (Å²) in [6, 6.07) is 17.2. The molecule has 9 heteroatoms. The second kappa shape index (κ2) is 8.66. The van der Waals surface area contributed by atoms with E-state index >= 15 is 0 Å². The highest BCUT2D eigenvalue weighted by molar-refractivity contribution is 9.10. The zero-order chi connectivity index (χ0) is 22.1. The third kappa shape index (κ3) is 4.08. The van der Waals surface area contributed by atoms with E-state index in [2.05, 4.69) is 31.2 Å². The molecule has 162 valence electrons. The molecule has 1 saturated heterocycles. The summed E-state index contributed by atoms with van der Waals surface area (Å²) >= 11 is 3.40. The Morgan fingerprint density at radius 1 is 1.12 bits per heavy atom. The number of halogens is 1. The van der Waals surface area contributed by atoms with Crippen LogP contribution in [0.4, 0.5) is 0 Å². The lowest BCUT2D eigenvalue weighted by Gasteiger charge is -2.32. The normalized spacial score (nSPS) is 16.4. The molecule has 1 N–H and O–H groups in total. The number of aromatic nitrogens is 5. The fourth-order valence-electron chi connectivity index (χ4n) is 4.10. The van der Waals surface area contributed by atoms with Gasteiger partial charge in [0.1, 0.15) is 5.82 Å². The Hall–Kier alpha value is -3.33. The van der Waals surface area contributed by atoms with Gasteiger partial charge in [0.05, 0.1) is 6.54 Å². The summed E-state index contributed by atoms with van der Waals surface area (Å²) in [5, 5.41) is 8.17. The van der Waals surface area contributed by atoms with Crippen LogP contribution in [0.5, 0.6) is 0 Å². The van der Waals surface area contributed by atoms with Crippen LogP contribution >= 0.6 is 15.9 Å². The lowest BCUT2D eigenvalue weighted by Crippen LogP contribution is -2.40. The molecule has 1 aliphatic heterocycles. The minimum atomic E-state index is -0.305. The second-order valence-corrected chi connectivity index (χ2v) is 8.87. The van der Waals surface area contributed by atoms with E-state index in [1.54, 1.807) is 4.68 Å². The van der Waals surface area contributed by atoms with Crippen LogP contribution in [-0.4, -0.2) is 48.9 Å². The van der Waals surface area contributed by atoms with Gasteiger partial charge in [0.25, 0.3) is 11.5 Å². The molecule has 3 heterocycles. The van der Waals surface area contributed by atoms with Crippen molar-refractivity contribution in [3.8, 4) is 0 Å². The summed E-state index contributed by atoms with van der Waals surface area (Å²) in [7, 11) is 0. The van der Waals surface area contributed by atoms with Crippen molar-refractivity contribution < 1.29 is 4.79 Å². The Balaban J connectivity index is 1.42. The van der Waals surface area contributed by atoms with E-state index in [1.165, 1.54) is 0 Å². The molecule has 4 aromatic rings. The number of piperidine rings is 1. The second-order valence-electron chi connectivity index (χ2n) is 7.95. The van der Waals surface area contributed by atoms with Crippen LogP contribution in [0.25, 0.3) is 11.2 Å². The van der Waals surface area contributed by atoms with Gasteiger partial charge in [-0.1, -0.05) is 51.5 Å². The van der Waals surface area contributed by atoms with Crippen molar-refractivity contribution in [1.82, 2.24) is 29.9 Å². The van der Waals surface area contributed by atoms with Crippen LogP contribution in [0.3, 0.4) is 0 Å². The molecular formula is C23H21BrN6O2. The first-order chi connectivity index (χ1) is 15.6. The molecule has 5 rings (SSSR count). The number of carbonyl (C=O) groups is 1. The van der Waals surface area contributed by atoms with Crippen molar-refractivity contribution in [3.63, 3.8) is 0 Å². The molecule has 32 heavy (non-hydrogen) atoms. The molecule has 1 aliphatic rings. The summed E-state index contributed by atoms with van der Waals surface area (Å²) in [6.07, 6.45) is 1.69. The molecule has 0 unspecified atom stereocenters. The van der Waals surface area contributed by atoms with Crippen LogP contribution < -0.4 is 5.56 Å². The van der Waals surface area contributed by atoms with Crippen molar-refractivity contribution in [2.24, 2.45) is 0 Å². The lowest BCUT2D eigenvalue weighted by atomic mass is 9.96. The number of carbonyl (C=O) groups excluding carboxylic acids is 1. The third-order valence-electron chi connectivity index (χ3n) is 5.75. The Labute approximate surface area is 192 Å². The Morgan fingerprint density at radius 2 is 1.91 bits per heavy atom. The maximum Gasteiger partial charge on any atom is 0.281 e. The Kier molecular flexibility index (Phi) is 5.57. The fourth-order valence-corrected chi connectivity index (χ4v) is 4.36. The molecule has 8 nitrogen and oxygen atoms in total. The van der Waals surface area contributed by atoms with E-state index in [9.17, 15) is 9.59 Å². The quantitative estimate of drug-likeness (QED) is 0.471. The molecule has 0 aliphatic carbocycles. The van der Waals surface area contributed by atoms with E-state index in [0.29, 0.717) is 36.7 Å². The average Bonchev–Trinajstić information content (AvgIpc) is 3.23. The smallest absolute Gasteiger partial charge is 0.281 e. The maximum atomic E-state index is 13.0. The highest BCUT2D eigenvalue weighted by atomic mass is 79.9. The van der Waals surface area contributed by atoms with E-state index in [4.69, 9.17) is 4.98 Å². The molecular weight excluding hydrogens is 472 g/mol. The summed E-state index contributed by atoms with van der Waals surface area (Å²) in [4.78, 5) is 35.1. The molecule has 0 bridgehead atoms. The van der Waals surface area contributed by atoms with Gasteiger partial charge in [-0.3, -0.25) is 9.59 Å². The number of fused-ring (bicyclic) bond motifs is 1. The van der Waals surface area contributed by atoms with E-state index in [1.807, 2.05) is 59.5 Å². The number of nitrogens with one attached hydrogen (secondary N) is 1. The van der Waals surface area contributed by atoms with Crippen molar-refractivity contribution in [2.75, 3.05) is 13.1 Å². The molecule has 2 aromatic carbocycles. The van der Waals surface area contributed by atoms with Crippen molar-refractivity contribution in [2.45, 2.75) is 25.3 Å². The number of hydrogen-bond acceptors (Lipinski definition) is 5. The van der Waals surface area contributed by atoms with Gasteiger partial charge in [0.2, 0.25) is 0 Å². The summed E-state index contributed by atoms with van der Waals surface area (Å²) < 4.78 is 2.58. The lowest BCUT2D eigenvalue weighted by molar-refractivity contribution is 0.0704. The number of aromatic amines is 1. The van der Waals surface area contributed by atoms with Gasteiger partial charge < -0.3 is 9.88 Å². The SMILES string of the molecule is O=C(c1ccc(Br)cc1)N1CCC[C@@H](c2nc3c(nnn3Cc3ccccc3)c(=O)[nH]2)C1. The average molecular weight is 493 g/mol. The number of benzene rings is 2. The van der Waals surface area contributed by atoms with Crippen molar-refractivity contribution >= 4 is 33.0 Å². The summed E-state index contributed by atoms with van der Waals surface area (Å²) in [6.45, 7) is 1.67. The molecule has 1 atom stereocenters. The topological polar surface area (TPSA) is 96.8 Å². The Bertz CT molecular complexity index is 1320. The van der Waals surface area contributed by atoms with Crippen molar-refractivity contribution in [1.29, 1.82) is 0 Å². The number of H-pyrrole nitrogens is 1. The van der Waals surface area contributed by atoms with Gasteiger partial charge in [-0.15, -0.1) is 5.10 Å². The minimum absolute atomic E-state index is 0.0126. The van der Waals surface area contributed by atoms with E-state index in [-0.39, 0.29) is 22.9 Å². The first kappa shape index (κ1) is 20.6. The van der Waals surface area contributed by atoms with Gasteiger partial charge in [-0.25, -0.2) is 9.67 Å². The molecule has 0 saturated carbocycles. The highest BCUT2D eigenvalue weighted by Gasteiger charge is 2.28. The van der Waals surface area contributed by atoms with Crippen LogP contribution in [0.2, 0.25) is 0 Å². The van der Waals surface area contributed by atoms with Crippen LogP contribution in [0.1, 0.15) is 40.5 Å². The monoisotopic (exact) mass is 492 g/mol. The van der Waals surface area contributed by atoms with Crippen LogP contribution in [0, 0.1) is 0 Å². The number of amides is 1. The first-order valence-electron chi connectivity index (χ1n) is 10.5. The van der Waals surface area contributed by atoms with Crippen LogP contribution in [0.15, 0.2) is 63.9 Å². The predicted octanol–water partition coefficient (Wildman–Crippen LogP) is 3.35. The number of rotatable bonds is 4. The minimum Gasteiger partial charge on any atom is -0.338 e. The maximum absolute atomic E-state index is 13.0. The molecule has 2 aromatic heterocycles. The predicted molar refractivity (Wildman–Crippen MR) is 124 cm³/mol. The van der Waals surface area contributed by atoms with E-state index < -0.39 is 0 Å². The molecule has 1 amide bonds. The molecule has 0 radical (unpaired) electrons. The van der Waals surface area contributed by atoms with Crippen LogP contribution in [-0.2, 0) is 6.54 Å². The van der Waals surface area contributed by atoms with Crippen molar-refractivity contribution in [3.05, 3.63) is 86.4 Å². The number of hydrogen-bond donors (Lipinski definition) is 1. The number of nitrogens with zero attached hydrogens (tertiary/aromatic N) is 5. The Morgan fingerprint density at radius 3 is 2.69 bits per heavy atom.